The number of ketones is 1. The van der Waals surface area contributed by atoms with Crippen LogP contribution in [-0.2, 0) is 36.9 Å². The van der Waals surface area contributed by atoms with Crippen LogP contribution in [0.5, 0.6) is 5.75 Å². The van der Waals surface area contributed by atoms with Gasteiger partial charge >= 0.3 is 12.1 Å². The topological polar surface area (TPSA) is 156 Å². The van der Waals surface area contributed by atoms with Gasteiger partial charge in [-0.15, -0.1) is 0 Å². The summed E-state index contributed by atoms with van der Waals surface area (Å²) < 4.78 is 79.1. The number of ether oxygens (including phenoxy) is 2. The summed E-state index contributed by atoms with van der Waals surface area (Å²) in [7, 11) is 1.50. The molecule has 0 aliphatic carbocycles. The molecule has 1 aliphatic rings. The Morgan fingerprint density at radius 2 is 1.65 bits per heavy atom. The number of Topliss-reactive ketones (excluding diaryl/α,β-unsaturated/α-hetero) is 1. The molecule has 4 rings (SSSR count). The Hall–Kier alpha value is -5.16. The molecule has 3 N–H and O–H groups in total. The molecule has 0 radical (unpaired) electrons. The van der Waals surface area contributed by atoms with Crippen molar-refractivity contribution in [1.29, 1.82) is 0 Å². The van der Waals surface area contributed by atoms with Crippen molar-refractivity contribution in [3.63, 3.8) is 0 Å². The quantitative estimate of drug-likeness (QED) is 0.143. The number of methoxy groups -OCH3 is 1. The van der Waals surface area contributed by atoms with Crippen LogP contribution >= 0.6 is 11.6 Å². The van der Waals surface area contributed by atoms with Gasteiger partial charge in [-0.05, 0) is 53.4 Å². The van der Waals surface area contributed by atoms with E-state index < -0.39 is 78.2 Å². The largest absolute Gasteiger partial charge is 0.497 e. The lowest BCUT2D eigenvalue weighted by Gasteiger charge is -2.31. The molecule has 3 aromatic rings. The molecule has 18 heteroatoms. The van der Waals surface area contributed by atoms with Gasteiger partial charge in [0.15, 0.2) is 0 Å². The third-order valence-electron chi connectivity index (χ3n) is 8.61. The molecule has 0 bridgehead atoms. The van der Waals surface area contributed by atoms with Crippen molar-refractivity contribution in [2.45, 2.75) is 69.6 Å². The van der Waals surface area contributed by atoms with Crippen molar-refractivity contribution in [2.24, 2.45) is 5.92 Å². The minimum atomic E-state index is -5.04. The van der Waals surface area contributed by atoms with E-state index in [9.17, 15) is 45.9 Å². The summed E-state index contributed by atoms with van der Waals surface area (Å²) in [5, 5.41) is 6.20. The van der Waals surface area contributed by atoms with E-state index in [1.165, 1.54) is 33.2 Å². The molecule has 4 atom stereocenters. The lowest BCUT2D eigenvalue weighted by Crippen LogP contribution is -2.60. The summed E-state index contributed by atoms with van der Waals surface area (Å²) >= 11 is 6.19. The summed E-state index contributed by atoms with van der Waals surface area (Å²) in [6, 6.07) is 13.1. The second-order valence-electron chi connectivity index (χ2n) is 13.1. The lowest BCUT2D eigenvalue weighted by atomic mass is 9.94. The Bertz CT molecular complexity index is 1830. The molecule has 2 aromatic carbocycles. The maximum atomic E-state index is 15.0. The zero-order chi connectivity index (χ0) is 40.5. The van der Waals surface area contributed by atoms with Gasteiger partial charge in [0.25, 0.3) is 11.8 Å². The molecule has 2 heterocycles. The number of nitrogens with one attached hydrogen (secondary N) is 3. The molecule has 55 heavy (non-hydrogen) atoms. The first-order valence-electron chi connectivity index (χ1n) is 17.0. The summed E-state index contributed by atoms with van der Waals surface area (Å²) in [6.45, 7) is 0.254. The van der Waals surface area contributed by atoms with Crippen LogP contribution in [0.2, 0.25) is 5.02 Å². The Morgan fingerprint density at radius 3 is 2.25 bits per heavy atom. The monoisotopic (exact) mass is 795 g/mol. The maximum absolute atomic E-state index is 15.0. The third kappa shape index (κ3) is 11.7. The summed E-state index contributed by atoms with van der Waals surface area (Å²) in [4.78, 5) is 71.9. The van der Waals surface area contributed by atoms with Crippen molar-refractivity contribution in [3.05, 3.63) is 94.8 Å². The van der Waals surface area contributed by atoms with Gasteiger partial charge in [-0.3, -0.25) is 29.0 Å². The van der Waals surface area contributed by atoms with Gasteiger partial charge in [-0.2, -0.15) is 22.0 Å². The van der Waals surface area contributed by atoms with Crippen LogP contribution in [0, 0.1) is 5.92 Å². The minimum Gasteiger partial charge on any atom is -0.497 e. The van der Waals surface area contributed by atoms with E-state index in [1.54, 1.807) is 60.7 Å². The SMILES string of the molecule is COc1ccc(CO[C@@H]2C[C@@H](C(=O)NC(C(=O)C(F)(F)C(=O)NCC(F)(F)F)C(C)C)N(C(=O)C(Cc3cccc(Cl)c3)NC(=O)c3ccccn3)C2)cc1. The van der Waals surface area contributed by atoms with Crippen molar-refractivity contribution < 1.29 is 55.4 Å². The van der Waals surface area contributed by atoms with Crippen molar-refractivity contribution in [2.75, 3.05) is 20.2 Å². The van der Waals surface area contributed by atoms with E-state index in [2.05, 4.69) is 15.6 Å². The molecule has 1 saturated heterocycles. The fourth-order valence-corrected chi connectivity index (χ4v) is 5.97. The first kappa shape index (κ1) is 42.6. The van der Waals surface area contributed by atoms with Crippen molar-refractivity contribution >= 4 is 41.0 Å². The normalized spacial score (nSPS) is 16.9. The third-order valence-corrected chi connectivity index (χ3v) is 8.85. The molecule has 1 aliphatic heterocycles. The highest BCUT2D eigenvalue weighted by molar-refractivity contribution is 6.30. The molecular formula is C37H39ClF5N5O7. The molecule has 2 unspecified atom stereocenters. The predicted octanol–water partition coefficient (Wildman–Crippen LogP) is 4.29. The number of nitrogens with zero attached hydrogens (tertiary/aromatic N) is 2. The van der Waals surface area contributed by atoms with Gasteiger partial charge in [-0.1, -0.05) is 55.8 Å². The molecule has 1 fully saturated rings. The van der Waals surface area contributed by atoms with Crippen molar-refractivity contribution in [1.82, 2.24) is 25.8 Å². The van der Waals surface area contributed by atoms with Crippen LogP contribution in [0.25, 0.3) is 0 Å². The van der Waals surface area contributed by atoms with E-state index in [1.807, 2.05) is 0 Å². The molecular weight excluding hydrogens is 757 g/mol. The molecule has 12 nitrogen and oxygen atoms in total. The Labute approximate surface area is 318 Å². The predicted molar refractivity (Wildman–Crippen MR) is 188 cm³/mol. The number of alkyl halides is 5. The number of carbonyl (C=O) groups is 5. The zero-order valence-electron chi connectivity index (χ0n) is 29.9. The fraction of sp³-hybridized carbons (Fsp3) is 0.405. The van der Waals surface area contributed by atoms with Crippen LogP contribution in [-0.4, -0.2) is 95.8 Å². The average molecular weight is 796 g/mol. The van der Waals surface area contributed by atoms with E-state index in [4.69, 9.17) is 21.1 Å². The highest BCUT2D eigenvalue weighted by Crippen LogP contribution is 2.27. The van der Waals surface area contributed by atoms with Gasteiger partial charge < -0.3 is 30.3 Å². The second-order valence-corrected chi connectivity index (χ2v) is 13.5. The maximum Gasteiger partial charge on any atom is 0.405 e. The standard InChI is InChI=1S/C37H39ClF5N5O7/c1-21(2)30(31(49)37(42,43)35(53)45-20-36(39,40)41)47-33(51)29-17-26(55-19-22-10-12-25(54-3)13-11-22)18-48(29)34(52)28(16-23-7-6-8-24(38)15-23)46-32(50)27-9-4-5-14-44-27/h4-15,21,26,28-30H,16-20H2,1-3H3,(H,45,53)(H,46,50)(H,47,51)/t26-,28?,29+,30?/m1/s1. The van der Waals surface area contributed by atoms with Crippen LogP contribution < -0.4 is 20.7 Å². The minimum absolute atomic E-state index is 0.0127. The summed E-state index contributed by atoms with van der Waals surface area (Å²) in [5.41, 5.74) is 1.24. The number of amides is 4. The first-order valence-corrected chi connectivity index (χ1v) is 17.4. The number of likely N-dealkylation sites (tertiary alicyclic amines) is 1. The number of halogens is 6. The highest BCUT2D eigenvalue weighted by Gasteiger charge is 2.53. The van der Waals surface area contributed by atoms with E-state index in [-0.39, 0.29) is 31.7 Å². The van der Waals surface area contributed by atoms with Gasteiger partial charge in [0, 0.05) is 30.6 Å². The zero-order valence-corrected chi connectivity index (χ0v) is 30.6. The second kappa shape index (κ2) is 18.4. The number of rotatable bonds is 16. The number of aromatic nitrogens is 1. The molecule has 0 spiro atoms. The average Bonchev–Trinajstić information content (AvgIpc) is 3.58. The highest BCUT2D eigenvalue weighted by atomic mass is 35.5. The summed E-state index contributed by atoms with van der Waals surface area (Å²) in [6.07, 6.45) is -4.76. The van der Waals surface area contributed by atoms with Crippen LogP contribution in [0.1, 0.15) is 41.9 Å². The van der Waals surface area contributed by atoms with Gasteiger partial charge in [0.05, 0.1) is 25.9 Å². The molecule has 0 saturated carbocycles. The van der Waals surface area contributed by atoms with Crippen LogP contribution in [0.15, 0.2) is 72.9 Å². The van der Waals surface area contributed by atoms with E-state index in [0.717, 1.165) is 10.2 Å². The smallest absolute Gasteiger partial charge is 0.405 e. The number of carbonyl (C=O) groups excluding carboxylic acids is 5. The van der Waals surface area contributed by atoms with Gasteiger partial charge in [0.1, 0.15) is 30.1 Å². The Balaban J connectivity index is 1.63. The summed E-state index contributed by atoms with van der Waals surface area (Å²) in [5.74, 6) is -12.7. The van der Waals surface area contributed by atoms with Crippen molar-refractivity contribution in [3.8, 4) is 5.75 Å². The molecule has 4 amide bonds. The Morgan fingerprint density at radius 1 is 0.945 bits per heavy atom. The van der Waals surface area contributed by atoms with Crippen LogP contribution in [0.3, 0.4) is 0 Å². The first-order chi connectivity index (χ1) is 25.9. The van der Waals surface area contributed by atoms with Crippen LogP contribution in [0.4, 0.5) is 22.0 Å². The number of hydrogen-bond donors (Lipinski definition) is 3. The fourth-order valence-electron chi connectivity index (χ4n) is 5.76. The lowest BCUT2D eigenvalue weighted by molar-refractivity contribution is -0.165. The van der Waals surface area contributed by atoms with E-state index >= 15 is 0 Å². The Kier molecular flexibility index (Phi) is 14.3. The molecule has 296 valence electrons. The number of benzene rings is 2. The van der Waals surface area contributed by atoms with E-state index in [0.29, 0.717) is 21.9 Å². The van der Waals surface area contributed by atoms with Gasteiger partial charge in [-0.25, -0.2) is 0 Å². The van der Waals surface area contributed by atoms with Gasteiger partial charge in [0.2, 0.25) is 17.6 Å². The molecule has 1 aromatic heterocycles. The number of hydrogen-bond acceptors (Lipinski definition) is 8. The number of pyridine rings is 1.